The van der Waals surface area contributed by atoms with Gasteiger partial charge in [-0.2, -0.15) is 0 Å². The molecule has 0 amide bonds. The summed E-state index contributed by atoms with van der Waals surface area (Å²) in [6, 6.07) is 54.7. The molecule has 10 rings (SSSR count). The molecule has 0 saturated heterocycles. The first-order valence-corrected chi connectivity index (χ1v) is 18.1. The first-order valence-electron chi connectivity index (χ1n) is 16.5. The molecule has 0 spiro atoms. The summed E-state index contributed by atoms with van der Waals surface area (Å²) >= 11 is 3.55. The Labute approximate surface area is 296 Å². The summed E-state index contributed by atoms with van der Waals surface area (Å²) in [6.07, 6.45) is 0. The summed E-state index contributed by atoms with van der Waals surface area (Å²) in [5.41, 5.74) is 8.89. The molecule has 0 radical (unpaired) electrons. The van der Waals surface area contributed by atoms with Crippen molar-refractivity contribution in [2.24, 2.45) is 0 Å². The lowest BCUT2D eigenvalue weighted by molar-refractivity contribution is 1.19. The molecular weight excluding hydrogens is 649 g/mol. The second-order valence-electron chi connectivity index (χ2n) is 12.2. The molecule has 0 aliphatic rings. The van der Waals surface area contributed by atoms with E-state index in [4.69, 9.17) is 19.9 Å². The van der Waals surface area contributed by atoms with Crippen LogP contribution in [0.2, 0.25) is 0 Å². The largest absolute Gasteiger partial charge is 0.228 e. The average molecular weight is 675 g/mol. The van der Waals surface area contributed by atoms with Crippen molar-refractivity contribution in [3.8, 4) is 56.5 Å². The minimum Gasteiger partial charge on any atom is -0.228 e. The molecule has 6 aromatic carbocycles. The van der Waals surface area contributed by atoms with Crippen molar-refractivity contribution in [2.75, 3.05) is 0 Å². The maximum Gasteiger partial charge on any atom is 0.161 e. The van der Waals surface area contributed by atoms with E-state index in [1.165, 1.54) is 14.1 Å². The molecule has 234 valence electrons. The van der Waals surface area contributed by atoms with Crippen LogP contribution in [0.1, 0.15) is 0 Å². The van der Waals surface area contributed by atoms with E-state index in [-0.39, 0.29) is 0 Å². The molecule has 4 heterocycles. The van der Waals surface area contributed by atoms with Crippen molar-refractivity contribution in [1.29, 1.82) is 0 Å². The van der Waals surface area contributed by atoms with Gasteiger partial charge in [-0.15, -0.1) is 22.7 Å². The van der Waals surface area contributed by atoms with Crippen LogP contribution in [-0.4, -0.2) is 19.9 Å². The zero-order chi connectivity index (χ0) is 33.0. The van der Waals surface area contributed by atoms with Gasteiger partial charge in [0.25, 0.3) is 0 Å². The third-order valence-electron chi connectivity index (χ3n) is 9.13. The number of benzene rings is 6. The third-order valence-corrected chi connectivity index (χ3v) is 11.4. The summed E-state index contributed by atoms with van der Waals surface area (Å²) in [5, 5.41) is 3.45. The number of aromatic nitrogens is 4. The van der Waals surface area contributed by atoms with Crippen molar-refractivity contribution < 1.29 is 0 Å². The molecule has 6 heteroatoms. The van der Waals surface area contributed by atoms with Crippen LogP contribution in [0.25, 0.3) is 97.0 Å². The number of hydrogen-bond acceptors (Lipinski definition) is 6. The number of rotatable bonds is 5. The fourth-order valence-electron chi connectivity index (χ4n) is 6.83. The topological polar surface area (TPSA) is 51.6 Å². The van der Waals surface area contributed by atoms with Crippen molar-refractivity contribution in [1.82, 2.24) is 19.9 Å². The predicted octanol–water partition coefficient (Wildman–Crippen LogP) is 12.3. The van der Waals surface area contributed by atoms with Crippen LogP contribution in [0.3, 0.4) is 0 Å². The molecule has 0 saturated carbocycles. The van der Waals surface area contributed by atoms with Gasteiger partial charge < -0.3 is 0 Å². The van der Waals surface area contributed by atoms with Gasteiger partial charge in [-0.1, -0.05) is 133 Å². The number of nitrogens with zero attached hydrogens (tertiary/aromatic N) is 4. The summed E-state index contributed by atoms with van der Waals surface area (Å²) < 4.78 is 4.69. The highest BCUT2D eigenvalue weighted by molar-refractivity contribution is 7.26. The Morgan fingerprint density at radius 3 is 1.70 bits per heavy atom. The lowest BCUT2D eigenvalue weighted by Crippen LogP contribution is -1.96. The minimum atomic E-state index is 0.698. The Hall–Kier alpha value is -6.08. The highest BCUT2D eigenvalue weighted by Gasteiger charge is 2.21. The smallest absolute Gasteiger partial charge is 0.161 e. The van der Waals surface area contributed by atoms with E-state index >= 15 is 0 Å². The van der Waals surface area contributed by atoms with Gasteiger partial charge in [0.2, 0.25) is 0 Å². The molecule has 50 heavy (non-hydrogen) atoms. The number of fused-ring (bicyclic) bond motifs is 6. The quantitative estimate of drug-likeness (QED) is 0.182. The molecule has 10 aromatic rings. The fourth-order valence-corrected chi connectivity index (χ4v) is 9.14. The van der Waals surface area contributed by atoms with Crippen LogP contribution in [0.4, 0.5) is 0 Å². The highest BCUT2D eigenvalue weighted by Crippen LogP contribution is 2.45. The van der Waals surface area contributed by atoms with E-state index < -0.39 is 0 Å². The molecule has 0 aliphatic carbocycles. The van der Waals surface area contributed by atoms with Crippen LogP contribution >= 0.6 is 22.7 Å². The zero-order valence-corrected chi connectivity index (χ0v) is 28.2. The Morgan fingerprint density at radius 1 is 0.380 bits per heavy atom. The van der Waals surface area contributed by atoms with Gasteiger partial charge in [-0.05, 0) is 24.3 Å². The SMILES string of the molecule is c1ccc(-c2cc(-c3cccc4sc5cccc(-c6nc(-c7ccccc7)c7sc8ccccc8c7n6)c5c34)nc(-c3ccccc3)n2)cc1. The average Bonchev–Trinajstić information content (AvgIpc) is 3.77. The van der Waals surface area contributed by atoms with Gasteiger partial charge in [-0.25, -0.2) is 19.9 Å². The highest BCUT2D eigenvalue weighted by atomic mass is 32.1. The monoisotopic (exact) mass is 674 g/mol. The van der Waals surface area contributed by atoms with Crippen molar-refractivity contribution in [3.05, 3.63) is 158 Å². The molecule has 0 unspecified atom stereocenters. The first-order chi connectivity index (χ1) is 24.8. The Balaban J connectivity index is 1.26. The Bertz CT molecular complexity index is 2800. The van der Waals surface area contributed by atoms with Crippen LogP contribution in [0, 0.1) is 0 Å². The molecule has 0 atom stereocenters. The van der Waals surface area contributed by atoms with Gasteiger partial charge in [-0.3, -0.25) is 0 Å². The van der Waals surface area contributed by atoms with Crippen molar-refractivity contribution in [3.63, 3.8) is 0 Å². The second-order valence-corrected chi connectivity index (χ2v) is 14.3. The van der Waals surface area contributed by atoms with Crippen molar-refractivity contribution >= 4 is 63.1 Å². The molecule has 0 aliphatic heterocycles. The van der Waals surface area contributed by atoms with Crippen LogP contribution in [0.5, 0.6) is 0 Å². The number of hydrogen-bond donors (Lipinski definition) is 0. The van der Waals surface area contributed by atoms with Crippen molar-refractivity contribution in [2.45, 2.75) is 0 Å². The van der Waals surface area contributed by atoms with Gasteiger partial charge >= 0.3 is 0 Å². The molecule has 4 nitrogen and oxygen atoms in total. The summed E-state index contributed by atoms with van der Waals surface area (Å²) in [5.74, 6) is 1.42. The Kier molecular flexibility index (Phi) is 6.82. The van der Waals surface area contributed by atoms with E-state index in [1.807, 2.05) is 30.3 Å². The normalized spacial score (nSPS) is 11.6. The first kappa shape index (κ1) is 28.9. The summed E-state index contributed by atoms with van der Waals surface area (Å²) in [4.78, 5) is 21.0. The summed E-state index contributed by atoms with van der Waals surface area (Å²) in [7, 11) is 0. The molecular formula is C44H26N4S2. The standard InChI is InChI=1S/C44H26N4S2/c1-4-14-27(15-5-1)33-26-34(46-43(45-33)29-18-8-3-9-19-29)30-21-12-24-36-38(30)39-32(22-13-25-37(39)49-36)44-47-40(28-16-6-2-7-17-28)42-41(48-44)31-20-10-11-23-35(31)50-42/h1-26H. The van der Waals surface area contributed by atoms with E-state index in [1.54, 1.807) is 22.7 Å². The zero-order valence-electron chi connectivity index (χ0n) is 26.6. The molecule has 0 bridgehead atoms. The maximum atomic E-state index is 5.36. The van der Waals surface area contributed by atoms with E-state index in [9.17, 15) is 0 Å². The van der Waals surface area contributed by atoms with Gasteiger partial charge in [0, 0.05) is 58.1 Å². The predicted molar refractivity (Wildman–Crippen MR) is 211 cm³/mol. The third kappa shape index (κ3) is 4.80. The van der Waals surface area contributed by atoms with Gasteiger partial charge in [0.05, 0.1) is 27.3 Å². The molecule has 0 N–H and O–H groups in total. The van der Waals surface area contributed by atoms with Crippen LogP contribution < -0.4 is 0 Å². The number of thiophene rings is 2. The lowest BCUT2D eigenvalue weighted by Gasteiger charge is -2.12. The second kappa shape index (κ2) is 11.8. The lowest BCUT2D eigenvalue weighted by atomic mass is 9.98. The minimum absolute atomic E-state index is 0.698. The maximum absolute atomic E-state index is 5.36. The van der Waals surface area contributed by atoms with Gasteiger partial charge in [0.15, 0.2) is 11.6 Å². The van der Waals surface area contributed by atoms with E-state index in [2.05, 4.69) is 127 Å². The van der Waals surface area contributed by atoms with E-state index in [0.29, 0.717) is 5.82 Å². The van der Waals surface area contributed by atoms with Gasteiger partial charge in [0.1, 0.15) is 0 Å². The summed E-state index contributed by atoms with van der Waals surface area (Å²) in [6.45, 7) is 0. The van der Waals surface area contributed by atoms with Crippen LogP contribution in [0.15, 0.2) is 158 Å². The van der Waals surface area contributed by atoms with E-state index in [0.717, 1.165) is 77.1 Å². The fraction of sp³-hybridized carbons (Fsp3) is 0. The Morgan fingerprint density at radius 2 is 0.960 bits per heavy atom. The van der Waals surface area contributed by atoms with Crippen LogP contribution in [-0.2, 0) is 0 Å². The molecule has 4 aromatic heterocycles. The molecule has 0 fully saturated rings.